The van der Waals surface area contributed by atoms with Gasteiger partial charge < -0.3 is 10.1 Å². The lowest BCUT2D eigenvalue weighted by molar-refractivity contribution is 0.0781. The first-order valence-electron chi connectivity index (χ1n) is 5.62. The molecule has 82 valence electrons. The number of rotatable bonds is 4. The molecule has 2 heterocycles. The molecule has 0 unspecified atom stereocenters. The third-order valence-electron chi connectivity index (χ3n) is 2.74. The van der Waals surface area contributed by atoms with E-state index in [-0.39, 0.29) is 0 Å². The van der Waals surface area contributed by atoms with Crippen molar-refractivity contribution in [2.24, 2.45) is 5.92 Å². The molecule has 1 aliphatic heterocycles. The van der Waals surface area contributed by atoms with Crippen LogP contribution < -0.4 is 5.32 Å². The minimum atomic E-state index is 0.685. The number of ether oxygens (including phenoxy) is 1. The molecule has 0 radical (unpaired) electrons. The van der Waals surface area contributed by atoms with Crippen molar-refractivity contribution in [1.29, 1.82) is 0 Å². The Morgan fingerprint density at radius 1 is 1.53 bits per heavy atom. The van der Waals surface area contributed by atoms with Crippen molar-refractivity contribution in [2.45, 2.75) is 19.4 Å². The molecular weight excluding hydrogens is 188 g/mol. The average molecular weight is 206 g/mol. The molecule has 0 aliphatic carbocycles. The zero-order valence-electron chi connectivity index (χ0n) is 8.98. The van der Waals surface area contributed by atoms with Crippen LogP contribution in [0.15, 0.2) is 24.5 Å². The van der Waals surface area contributed by atoms with Gasteiger partial charge in [0.05, 0.1) is 13.2 Å². The smallest absolute Gasteiger partial charge is 0.0731 e. The van der Waals surface area contributed by atoms with E-state index < -0.39 is 0 Å². The fraction of sp³-hybridized carbons (Fsp3) is 0.583. The van der Waals surface area contributed by atoms with Gasteiger partial charge in [-0.1, -0.05) is 6.07 Å². The summed E-state index contributed by atoms with van der Waals surface area (Å²) in [6.45, 7) is 3.82. The van der Waals surface area contributed by atoms with Crippen LogP contribution in [0, 0.1) is 5.92 Å². The molecule has 1 saturated heterocycles. The predicted octanol–water partition coefficient (Wildman–Crippen LogP) is 1.60. The van der Waals surface area contributed by atoms with Gasteiger partial charge in [0.25, 0.3) is 0 Å². The number of hydrogen-bond donors (Lipinski definition) is 1. The first-order chi connectivity index (χ1) is 7.45. The van der Waals surface area contributed by atoms with E-state index in [9.17, 15) is 0 Å². The molecule has 0 spiro atoms. The van der Waals surface area contributed by atoms with Crippen LogP contribution in [-0.4, -0.2) is 24.7 Å². The zero-order valence-corrected chi connectivity index (χ0v) is 8.98. The van der Waals surface area contributed by atoms with Gasteiger partial charge in [-0.2, -0.15) is 0 Å². The third kappa shape index (κ3) is 3.61. The summed E-state index contributed by atoms with van der Waals surface area (Å²) >= 11 is 0. The Kier molecular flexibility index (Phi) is 4.11. The molecule has 1 fully saturated rings. The standard InChI is InChI=1S/C12H18N2O/c1-3-11(7-13-5-1)9-15-10-12-4-2-6-14-8-12/h1,3,5,7,12,14H,2,4,6,8-10H2/t12-/m0/s1. The fourth-order valence-electron chi connectivity index (χ4n) is 1.89. The van der Waals surface area contributed by atoms with E-state index in [0.717, 1.165) is 18.7 Å². The zero-order chi connectivity index (χ0) is 10.3. The summed E-state index contributed by atoms with van der Waals surface area (Å²) < 4.78 is 5.68. The topological polar surface area (TPSA) is 34.1 Å². The van der Waals surface area contributed by atoms with Gasteiger partial charge in [-0.05, 0) is 36.9 Å². The van der Waals surface area contributed by atoms with Crippen molar-refractivity contribution in [2.75, 3.05) is 19.7 Å². The van der Waals surface area contributed by atoms with E-state index in [4.69, 9.17) is 4.74 Å². The van der Waals surface area contributed by atoms with Crippen LogP contribution in [0.5, 0.6) is 0 Å². The summed E-state index contributed by atoms with van der Waals surface area (Å²) in [5, 5.41) is 3.39. The highest BCUT2D eigenvalue weighted by Gasteiger charge is 2.12. The second-order valence-corrected chi connectivity index (χ2v) is 4.09. The Hall–Kier alpha value is -0.930. The van der Waals surface area contributed by atoms with Crippen LogP contribution in [0.3, 0.4) is 0 Å². The largest absolute Gasteiger partial charge is 0.376 e. The van der Waals surface area contributed by atoms with Gasteiger partial charge in [-0.25, -0.2) is 0 Å². The molecule has 3 heteroatoms. The van der Waals surface area contributed by atoms with E-state index in [1.807, 2.05) is 18.3 Å². The van der Waals surface area contributed by atoms with Crippen molar-refractivity contribution in [3.63, 3.8) is 0 Å². The van der Waals surface area contributed by atoms with Crippen molar-refractivity contribution >= 4 is 0 Å². The lowest BCUT2D eigenvalue weighted by Crippen LogP contribution is -2.32. The molecular formula is C12H18N2O. The third-order valence-corrected chi connectivity index (χ3v) is 2.74. The fourth-order valence-corrected chi connectivity index (χ4v) is 1.89. The molecule has 1 atom stereocenters. The Labute approximate surface area is 90.9 Å². The molecule has 1 aromatic heterocycles. The van der Waals surface area contributed by atoms with Gasteiger partial charge in [0, 0.05) is 18.9 Å². The molecule has 3 nitrogen and oxygen atoms in total. The molecule has 1 aliphatic rings. The highest BCUT2D eigenvalue weighted by molar-refractivity contribution is 5.06. The highest BCUT2D eigenvalue weighted by Crippen LogP contribution is 2.11. The van der Waals surface area contributed by atoms with E-state index in [1.54, 1.807) is 6.20 Å². The molecule has 1 N–H and O–H groups in total. The summed E-state index contributed by atoms with van der Waals surface area (Å²) in [6.07, 6.45) is 6.22. The predicted molar refractivity (Wildman–Crippen MR) is 59.5 cm³/mol. The summed E-state index contributed by atoms with van der Waals surface area (Å²) in [6, 6.07) is 3.99. The van der Waals surface area contributed by atoms with E-state index in [0.29, 0.717) is 12.5 Å². The van der Waals surface area contributed by atoms with E-state index in [1.165, 1.54) is 19.4 Å². The second kappa shape index (κ2) is 5.83. The quantitative estimate of drug-likeness (QED) is 0.812. The summed E-state index contributed by atoms with van der Waals surface area (Å²) in [4.78, 5) is 4.06. The minimum absolute atomic E-state index is 0.685. The maximum absolute atomic E-state index is 5.68. The average Bonchev–Trinajstić information content (AvgIpc) is 2.32. The van der Waals surface area contributed by atoms with Crippen LogP contribution in [0.1, 0.15) is 18.4 Å². The van der Waals surface area contributed by atoms with Gasteiger partial charge in [-0.15, -0.1) is 0 Å². The Morgan fingerprint density at radius 2 is 2.53 bits per heavy atom. The molecule has 1 aromatic rings. The second-order valence-electron chi connectivity index (χ2n) is 4.09. The van der Waals surface area contributed by atoms with E-state index in [2.05, 4.69) is 10.3 Å². The number of hydrogen-bond acceptors (Lipinski definition) is 3. The Morgan fingerprint density at radius 3 is 3.27 bits per heavy atom. The van der Waals surface area contributed by atoms with Crippen LogP contribution in [0.2, 0.25) is 0 Å². The van der Waals surface area contributed by atoms with Gasteiger partial charge in [0.15, 0.2) is 0 Å². The van der Waals surface area contributed by atoms with Gasteiger partial charge in [0.1, 0.15) is 0 Å². The van der Waals surface area contributed by atoms with Crippen LogP contribution in [-0.2, 0) is 11.3 Å². The number of piperidine rings is 1. The normalized spacial score (nSPS) is 21.5. The number of aromatic nitrogens is 1. The van der Waals surface area contributed by atoms with Gasteiger partial charge in [0.2, 0.25) is 0 Å². The van der Waals surface area contributed by atoms with Crippen LogP contribution in [0.25, 0.3) is 0 Å². The molecule has 0 amide bonds. The minimum Gasteiger partial charge on any atom is -0.376 e. The van der Waals surface area contributed by atoms with Crippen molar-refractivity contribution in [3.05, 3.63) is 30.1 Å². The van der Waals surface area contributed by atoms with Gasteiger partial charge >= 0.3 is 0 Å². The summed E-state index contributed by atoms with van der Waals surface area (Å²) in [7, 11) is 0. The Balaban J connectivity index is 1.66. The monoisotopic (exact) mass is 206 g/mol. The lowest BCUT2D eigenvalue weighted by Gasteiger charge is -2.22. The molecule has 0 aromatic carbocycles. The van der Waals surface area contributed by atoms with E-state index >= 15 is 0 Å². The maximum Gasteiger partial charge on any atom is 0.0731 e. The maximum atomic E-state index is 5.68. The Bertz CT molecular complexity index is 270. The van der Waals surface area contributed by atoms with Crippen molar-refractivity contribution < 1.29 is 4.74 Å². The van der Waals surface area contributed by atoms with Crippen molar-refractivity contribution in [3.8, 4) is 0 Å². The summed E-state index contributed by atoms with van der Waals surface area (Å²) in [5.74, 6) is 0.690. The highest BCUT2D eigenvalue weighted by atomic mass is 16.5. The number of nitrogens with zero attached hydrogens (tertiary/aromatic N) is 1. The first-order valence-corrected chi connectivity index (χ1v) is 5.62. The van der Waals surface area contributed by atoms with Crippen LogP contribution in [0.4, 0.5) is 0 Å². The molecule has 0 saturated carbocycles. The number of nitrogens with one attached hydrogen (secondary N) is 1. The van der Waals surface area contributed by atoms with Crippen molar-refractivity contribution in [1.82, 2.24) is 10.3 Å². The van der Waals surface area contributed by atoms with Gasteiger partial charge in [-0.3, -0.25) is 4.98 Å². The molecule has 15 heavy (non-hydrogen) atoms. The number of pyridine rings is 1. The lowest BCUT2D eigenvalue weighted by atomic mass is 10.0. The summed E-state index contributed by atoms with van der Waals surface area (Å²) in [5.41, 5.74) is 1.15. The van der Waals surface area contributed by atoms with Crippen LogP contribution >= 0.6 is 0 Å². The molecule has 0 bridgehead atoms. The molecule has 2 rings (SSSR count). The SMILES string of the molecule is c1cncc(COC[C@H]2CCCNC2)c1. The first kappa shape index (κ1) is 10.6.